The first kappa shape index (κ1) is 5.32. The van der Waals surface area contributed by atoms with Crippen molar-refractivity contribution in [3.05, 3.63) is 6.61 Å². The van der Waals surface area contributed by atoms with Crippen LogP contribution in [0, 0.1) is 6.61 Å². The third-order valence-electron chi connectivity index (χ3n) is 1.02. The zero-order valence-electron chi connectivity index (χ0n) is 4.13. The van der Waals surface area contributed by atoms with Gasteiger partial charge in [-0.3, -0.25) is 0 Å². The van der Waals surface area contributed by atoms with E-state index in [1.165, 1.54) is 6.42 Å². The molecule has 0 N–H and O–H groups in total. The summed E-state index contributed by atoms with van der Waals surface area (Å²) in [4.78, 5) is 0. The minimum atomic E-state index is 0.383. The third kappa shape index (κ3) is 1.61. The predicted octanol–water partition coefficient (Wildman–Crippen LogP) is 1.26. The molecule has 1 rings (SSSR count). The molecule has 0 saturated carbocycles. The second-order valence-corrected chi connectivity index (χ2v) is 2.38. The topological polar surface area (TPSA) is 9.23 Å². The fourth-order valence-corrected chi connectivity index (χ4v) is 0.892. The quantitative estimate of drug-likeness (QED) is 0.371. The van der Waals surface area contributed by atoms with Crippen molar-refractivity contribution >= 4 is 12.6 Å². The lowest BCUT2D eigenvalue weighted by molar-refractivity contribution is 0.160. The van der Waals surface area contributed by atoms with Gasteiger partial charge in [0.2, 0.25) is 6.61 Å². The second kappa shape index (κ2) is 2.48. The zero-order valence-corrected chi connectivity index (χ0v) is 5.03. The monoisotopic (exact) mass is 117 g/mol. The molecule has 1 saturated heterocycles. The summed E-state index contributed by atoms with van der Waals surface area (Å²) < 4.78 is 4.98. The predicted molar refractivity (Wildman–Crippen MR) is 32.3 cm³/mol. The molecule has 0 aromatic heterocycles. The molecule has 0 aromatic rings. The molecule has 7 heavy (non-hydrogen) atoms. The van der Waals surface area contributed by atoms with E-state index < -0.39 is 0 Å². The Balaban J connectivity index is 2.12. The molecule has 40 valence electrons. The van der Waals surface area contributed by atoms with Gasteiger partial charge >= 0.3 is 0 Å². The van der Waals surface area contributed by atoms with Crippen LogP contribution in [0.15, 0.2) is 0 Å². The van der Waals surface area contributed by atoms with Gasteiger partial charge in [0.15, 0.2) is 5.25 Å². The number of hydrogen-bond donors (Lipinski definition) is 1. The van der Waals surface area contributed by atoms with Gasteiger partial charge in [-0.05, 0) is 6.42 Å². The van der Waals surface area contributed by atoms with E-state index in [0.717, 1.165) is 13.0 Å². The van der Waals surface area contributed by atoms with Crippen molar-refractivity contribution in [1.29, 1.82) is 0 Å². The summed E-state index contributed by atoms with van der Waals surface area (Å²) in [6.07, 6.45) is 2.33. The van der Waals surface area contributed by atoms with Gasteiger partial charge in [-0.15, -0.1) is 12.6 Å². The van der Waals surface area contributed by atoms with E-state index in [-0.39, 0.29) is 0 Å². The Labute approximate surface area is 49.5 Å². The van der Waals surface area contributed by atoms with Crippen LogP contribution in [-0.2, 0) is 4.74 Å². The molecule has 1 aliphatic rings. The van der Waals surface area contributed by atoms with E-state index >= 15 is 0 Å². The maximum absolute atomic E-state index is 4.98. The smallest absolute Gasteiger partial charge is 0.195 e. The van der Waals surface area contributed by atoms with E-state index in [4.69, 9.17) is 4.74 Å². The van der Waals surface area contributed by atoms with E-state index in [9.17, 15) is 0 Å². The van der Waals surface area contributed by atoms with Crippen LogP contribution in [0.5, 0.6) is 0 Å². The van der Waals surface area contributed by atoms with Gasteiger partial charge < -0.3 is 0 Å². The van der Waals surface area contributed by atoms with Crippen LogP contribution < -0.4 is 0 Å². The molecule has 1 unspecified atom stereocenters. The van der Waals surface area contributed by atoms with Crippen LogP contribution >= 0.6 is 12.6 Å². The van der Waals surface area contributed by atoms with Crippen molar-refractivity contribution in [3.63, 3.8) is 0 Å². The van der Waals surface area contributed by atoms with Crippen LogP contribution in [0.25, 0.3) is 0 Å². The standard InChI is InChI=1S/C5H8OS/c7-5-2-1-3-6-4-5/h4-5H,1-3H2/p+1. The first-order chi connectivity index (χ1) is 3.39. The maximum atomic E-state index is 4.98. The van der Waals surface area contributed by atoms with Crippen molar-refractivity contribution in [2.24, 2.45) is 0 Å². The van der Waals surface area contributed by atoms with E-state index in [1.807, 2.05) is 0 Å². The highest BCUT2D eigenvalue weighted by atomic mass is 32.1. The minimum Gasteiger partial charge on any atom is -0.195 e. The molecule has 0 aromatic carbocycles. The maximum Gasteiger partial charge on any atom is 0.240 e. The van der Waals surface area contributed by atoms with Crippen LogP contribution in [0.2, 0.25) is 0 Å². The Kier molecular flexibility index (Phi) is 1.88. The lowest BCUT2D eigenvalue weighted by Crippen LogP contribution is -2.11. The molecule has 2 heteroatoms. The van der Waals surface area contributed by atoms with E-state index in [1.54, 1.807) is 6.61 Å². The van der Waals surface area contributed by atoms with Crippen LogP contribution in [-0.4, -0.2) is 11.9 Å². The number of thiol groups is 1. The summed E-state index contributed by atoms with van der Waals surface area (Å²) in [5, 5.41) is 0.383. The fourth-order valence-electron chi connectivity index (χ4n) is 0.623. The van der Waals surface area contributed by atoms with Crippen molar-refractivity contribution in [1.82, 2.24) is 0 Å². The van der Waals surface area contributed by atoms with Gasteiger partial charge in [0, 0.05) is 6.42 Å². The highest BCUT2D eigenvalue weighted by Gasteiger charge is 2.17. The summed E-state index contributed by atoms with van der Waals surface area (Å²) in [5.41, 5.74) is 0. The van der Waals surface area contributed by atoms with Crippen LogP contribution in [0.3, 0.4) is 0 Å². The van der Waals surface area contributed by atoms with Gasteiger partial charge in [0.1, 0.15) is 0 Å². The number of ether oxygens (including phenoxy) is 1. The van der Waals surface area contributed by atoms with E-state index in [0.29, 0.717) is 5.25 Å². The summed E-state index contributed by atoms with van der Waals surface area (Å²) >= 11 is 4.18. The summed E-state index contributed by atoms with van der Waals surface area (Å²) in [6, 6.07) is 0. The number of hydrogen-bond acceptors (Lipinski definition) is 2. The molecule has 0 aliphatic carbocycles. The molecular formula is C5H9OS+. The third-order valence-corrected chi connectivity index (χ3v) is 1.40. The average molecular weight is 117 g/mol. The molecule has 1 nitrogen and oxygen atoms in total. The van der Waals surface area contributed by atoms with E-state index in [2.05, 4.69) is 12.6 Å². The van der Waals surface area contributed by atoms with Crippen molar-refractivity contribution in [2.75, 3.05) is 6.61 Å². The highest BCUT2D eigenvalue weighted by Crippen LogP contribution is 2.14. The van der Waals surface area contributed by atoms with Crippen LogP contribution in [0.4, 0.5) is 0 Å². The van der Waals surface area contributed by atoms with Crippen molar-refractivity contribution in [3.8, 4) is 0 Å². The molecule has 0 spiro atoms. The van der Waals surface area contributed by atoms with Gasteiger partial charge in [-0.1, -0.05) is 0 Å². The molecule has 0 amide bonds. The summed E-state index contributed by atoms with van der Waals surface area (Å²) in [7, 11) is 0. The molecule has 0 bridgehead atoms. The Bertz CT molecular complexity index is 50.0. The van der Waals surface area contributed by atoms with Crippen molar-refractivity contribution in [2.45, 2.75) is 18.1 Å². The van der Waals surface area contributed by atoms with Gasteiger partial charge in [-0.25, -0.2) is 0 Å². The number of rotatable bonds is 0. The summed E-state index contributed by atoms with van der Waals surface area (Å²) in [5.74, 6) is 0. The molecule has 1 atom stereocenters. The Morgan fingerprint density at radius 3 is 2.86 bits per heavy atom. The lowest BCUT2D eigenvalue weighted by Gasteiger charge is -2.05. The Hall–Kier alpha value is 0.180. The first-order valence-electron chi connectivity index (χ1n) is 2.52. The van der Waals surface area contributed by atoms with Crippen molar-refractivity contribution < 1.29 is 4.74 Å². The molecule has 1 aliphatic heterocycles. The lowest BCUT2D eigenvalue weighted by atomic mass is 10.2. The zero-order chi connectivity index (χ0) is 5.11. The SMILES string of the molecule is SC1[CH+]OCCC1. The van der Waals surface area contributed by atoms with Gasteiger partial charge in [0.25, 0.3) is 0 Å². The second-order valence-electron chi connectivity index (χ2n) is 1.72. The Morgan fingerprint density at radius 1 is 1.71 bits per heavy atom. The molecule has 1 heterocycles. The highest BCUT2D eigenvalue weighted by molar-refractivity contribution is 7.81. The normalized spacial score (nSPS) is 31.9. The largest absolute Gasteiger partial charge is 0.240 e. The Morgan fingerprint density at radius 2 is 2.57 bits per heavy atom. The van der Waals surface area contributed by atoms with Gasteiger partial charge in [0.05, 0.1) is 6.61 Å². The summed E-state index contributed by atoms with van der Waals surface area (Å²) in [6.45, 7) is 2.68. The van der Waals surface area contributed by atoms with Crippen LogP contribution in [0.1, 0.15) is 12.8 Å². The minimum absolute atomic E-state index is 0.383. The first-order valence-corrected chi connectivity index (χ1v) is 3.04. The van der Waals surface area contributed by atoms with Gasteiger partial charge in [-0.2, -0.15) is 4.74 Å². The fraction of sp³-hybridized carbons (Fsp3) is 0.800. The molecule has 0 radical (unpaired) electrons. The average Bonchev–Trinajstić information content (AvgIpc) is 1.69. The molecule has 1 fully saturated rings. The molecular weight excluding hydrogens is 108 g/mol.